The van der Waals surface area contributed by atoms with Crippen molar-refractivity contribution in [2.45, 2.75) is 31.6 Å². The normalized spacial score (nSPS) is 13.4. The number of nitrogen functional groups attached to an aromatic ring is 1. The van der Waals surface area contributed by atoms with Gasteiger partial charge in [0.1, 0.15) is 0 Å². The summed E-state index contributed by atoms with van der Waals surface area (Å²) < 4.78 is 26.8. The lowest BCUT2D eigenvalue weighted by molar-refractivity contribution is 0.228. The predicted octanol–water partition coefficient (Wildman–Crippen LogP) is 1.26. The second-order valence-corrected chi connectivity index (χ2v) is 6.59. The van der Waals surface area contributed by atoms with Crippen LogP contribution in [0, 0.1) is 12.8 Å². The summed E-state index contributed by atoms with van der Waals surface area (Å²) in [5.74, 6) is 0.193. The molecule has 108 valence electrons. The van der Waals surface area contributed by atoms with Crippen LogP contribution in [0.25, 0.3) is 0 Å². The molecule has 0 fully saturated rings. The molecule has 0 radical (unpaired) electrons. The Balaban J connectivity index is 2.64. The van der Waals surface area contributed by atoms with Crippen LogP contribution in [0.1, 0.15) is 25.3 Å². The van der Waals surface area contributed by atoms with Gasteiger partial charge in [-0.05, 0) is 43.4 Å². The Kier molecular flexibility index (Phi) is 5.78. The van der Waals surface area contributed by atoms with Crippen molar-refractivity contribution in [3.8, 4) is 0 Å². The highest BCUT2D eigenvalue weighted by atomic mass is 32.2. The molecule has 1 aromatic carbocycles. The number of hydrogen-bond donors (Lipinski definition) is 3. The molecule has 0 aromatic heterocycles. The lowest BCUT2D eigenvalue weighted by atomic mass is 10.1. The molecule has 0 amide bonds. The van der Waals surface area contributed by atoms with Crippen LogP contribution in [-0.2, 0) is 10.0 Å². The van der Waals surface area contributed by atoms with E-state index in [1.807, 2.05) is 6.92 Å². The summed E-state index contributed by atoms with van der Waals surface area (Å²) in [6, 6.07) is 4.84. The van der Waals surface area contributed by atoms with Crippen LogP contribution >= 0.6 is 0 Å². The molecule has 6 heteroatoms. The van der Waals surface area contributed by atoms with E-state index in [1.165, 1.54) is 6.07 Å². The first-order valence-corrected chi connectivity index (χ1v) is 7.82. The Bertz CT molecular complexity index is 515. The number of anilines is 1. The largest absolute Gasteiger partial charge is 0.399 e. The molecule has 0 spiro atoms. The Morgan fingerprint density at radius 2 is 2.11 bits per heavy atom. The maximum atomic E-state index is 12.1. The average molecular weight is 286 g/mol. The van der Waals surface area contributed by atoms with Crippen LogP contribution in [0.5, 0.6) is 0 Å². The highest BCUT2D eigenvalue weighted by Gasteiger charge is 2.16. The highest BCUT2D eigenvalue weighted by Crippen LogP contribution is 2.18. The Morgan fingerprint density at radius 1 is 1.42 bits per heavy atom. The van der Waals surface area contributed by atoms with Crippen LogP contribution in [0.15, 0.2) is 23.1 Å². The van der Waals surface area contributed by atoms with Gasteiger partial charge in [-0.1, -0.05) is 13.0 Å². The third kappa shape index (κ3) is 4.81. The topological polar surface area (TPSA) is 92.4 Å². The third-order valence-electron chi connectivity index (χ3n) is 2.98. The van der Waals surface area contributed by atoms with Crippen LogP contribution in [0.2, 0.25) is 0 Å². The van der Waals surface area contributed by atoms with Gasteiger partial charge in [0, 0.05) is 18.8 Å². The van der Waals surface area contributed by atoms with E-state index in [-0.39, 0.29) is 17.4 Å². The van der Waals surface area contributed by atoms with Gasteiger partial charge >= 0.3 is 0 Å². The quantitative estimate of drug-likeness (QED) is 0.520. The number of rotatable bonds is 7. The van der Waals surface area contributed by atoms with Gasteiger partial charge < -0.3 is 10.8 Å². The molecule has 1 unspecified atom stereocenters. The fourth-order valence-electron chi connectivity index (χ4n) is 1.73. The van der Waals surface area contributed by atoms with E-state index >= 15 is 0 Å². The van der Waals surface area contributed by atoms with Gasteiger partial charge in [0.15, 0.2) is 0 Å². The van der Waals surface area contributed by atoms with E-state index in [9.17, 15) is 8.42 Å². The van der Waals surface area contributed by atoms with Crippen molar-refractivity contribution in [2.75, 3.05) is 18.9 Å². The van der Waals surface area contributed by atoms with Gasteiger partial charge in [0.05, 0.1) is 4.90 Å². The fraction of sp³-hybridized carbons (Fsp3) is 0.538. The SMILES string of the molecule is Cc1ccc(N)cc1S(=O)(=O)NCCCC(C)CO. The molecule has 0 aliphatic carbocycles. The second-order valence-electron chi connectivity index (χ2n) is 4.85. The predicted molar refractivity (Wildman–Crippen MR) is 76.3 cm³/mol. The molecule has 0 aliphatic rings. The molecule has 0 aliphatic heterocycles. The maximum Gasteiger partial charge on any atom is 0.240 e. The average Bonchev–Trinajstić information content (AvgIpc) is 2.37. The van der Waals surface area contributed by atoms with Gasteiger partial charge in [0.2, 0.25) is 10.0 Å². The maximum absolute atomic E-state index is 12.1. The summed E-state index contributed by atoms with van der Waals surface area (Å²) in [5, 5.41) is 8.89. The van der Waals surface area contributed by atoms with Crippen molar-refractivity contribution in [3.63, 3.8) is 0 Å². The van der Waals surface area contributed by atoms with Crippen molar-refractivity contribution in [3.05, 3.63) is 23.8 Å². The van der Waals surface area contributed by atoms with E-state index in [1.54, 1.807) is 19.1 Å². The number of nitrogens with one attached hydrogen (secondary N) is 1. The van der Waals surface area contributed by atoms with E-state index in [2.05, 4.69) is 4.72 Å². The first kappa shape index (κ1) is 15.9. The highest BCUT2D eigenvalue weighted by molar-refractivity contribution is 7.89. The summed E-state index contributed by atoms with van der Waals surface area (Å²) >= 11 is 0. The molecule has 5 nitrogen and oxygen atoms in total. The lowest BCUT2D eigenvalue weighted by Gasteiger charge is -2.11. The minimum absolute atomic E-state index is 0.126. The number of sulfonamides is 1. The number of nitrogens with two attached hydrogens (primary N) is 1. The molecule has 1 rings (SSSR count). The van der Waals surface area contributed by atoms with E-state index in [0.29, 0.717) is 24.2 Å². The van der Waals surface area contributed by atoms with Crippen molar-refractivity contribution in [1.82, 2.24) is 4.72 Å². The third-order valence-corrected chi connectivity index (χ3v) is 4.58. The minimum Gasteiger partial charge on any atom is -0.399 e. The van der Waals surface area contributed by atoms with Crippen molar-refractivity contribution in [1.29, 1.82) is 0 Å². The zero-order valence-electron chi connectivity index (χ0n) is 11.4. The molecule has 1 aromatic rings. The molecule has 19 heavy (non-hydrogen) atoms. The second kappa shape index (κ2) is 6.88. The lowest BCUT2D eigenvalue weighted by Crippen LogP contribution is -2.26. The van der Waals surface area contributed by atoms with E-state index in [0.717, 1.165) is 6.42 Å². The van der Waals surface area contributed by atoms with Gasteiger partial charge in [-0.2, -0.15) is 0 Å². The number of benzene rings is 1. The molecule has 0 heterocycles. The summed E-state index contributed by atoms with van der Waals surface area (Å²) in [4.78, 5) is 0.225. The van der Waals surface area contributed by atoms with Crippen LogP contribution < -0.4 is 10.5 Å². The summed E-state index contributed by atoms with van der Waals surface area (Å²) in [6.07, 6.45) is 1.48. The first-order valence-electron chi connectivity index (χ1n) is 6.33. The molecule has 0 saturated heterocycles. The van der Waals surface area contributed by atoms with Gasteiger partial charge in [-0.15, -0.1) is 0 Å². The standard InChI is InChI=1S/C13H22N2O3S/c1-10(9-16)4-3-7-15-19(17,18)13-8-12(14)6-5-11(13)2/h5-6,8,10,15-16H,3-4,7,9,14H2,1-2H3. The molecule has 0 saturated carbocycles. The first-order chi connectivity index (χ1) is 8.86. The monoisotopic (exact) mass is 286 g/mol. The number of aliphatic hydroxyl groups excluding tert-OH is 1. The Morgan fingerprint density at radius 3 is 2.74 bits per heavy atom. The fourth-order valence-corrected chi connectivity index (χ4v) is 3.08. The van der Waals surface area contributed by atoms with Crippen molar-refractivity contribution in [2.24, 2.45) is 5.92 Å². The minimum atomic E-state index is -3.51. The van der Waals surface area contributed by atoms with Gasteiger partial charge in [0.25, 0.3) is 0 Å². The van der Waals surface area contributed by atoms with E-state index in [4.69, 9.17) is 10.8 Å². The summed E-state index contributed by atoms with van der Waals surface area (Å²) in [5.41, 5.74) is 6.72. The van der Waals surface area contributed by atoms with E-state index < -0.39 is 10.0 Å². The number of aryl methyl sites for hydroxylation is 1. The smallest absolute Gasteiger partial charge is 0.240 e. The van der Waals surface area contributed by atoms with Crippen LogP contribution in [0.3, 0.4) is 0 Å². The molecule has 0 bridgehead atoms. The zero-order chi connectivity index (χ0) is 14.5. The van der Waals surface area contributed by atoms with Crippen molar-refractivity contribution < 1.29 is 13.5 Å². The molecule has 4 N–H and O–H groups in total. The Labute approximate surface area is 114 Å². The zero-order valence-corrected chi connectivity index (χ0v) is 12.2. The summed E-state index contributed by atoms with van der Waals surface area (Å²) in [6.45, 7) is 4.15. The Hall–Kier alpha value is -1.11. The van der Waals surface area contributed by atoms with Gasteiger partial charge in [-0.3, -0.25) is 0 Å². The number of hydrogen-bond acceptors (Lipinski definition) is 4. The van der Waals surface area contributed by atoms with Crippen LogP contribution in [-0.4, -0.2) is 26.7 Å². The van der Waals surface area contributed by atoms with Crippen LogP contribution in [0.4, 0.5) is 5.69 Å². The van der Waals surface area contributed by atoms with Gasteiger partial charge in [-0.25, -0.2) is 13.1 Å². The number of aliphatic hydroxyl groups is 1. The van der Waals surface area contributed by atoms with Crippen molar-refractivity contribution >= 4 is 15.7 Å². The summed E-state index contributed by atoms with van der Waals surface area (Å²) in [7, 11) is -3.51. The molecular formula is C13H22N2O3S. The molecular weight excluding hydrogens is 264 g/mol. The molecule has 1 atom stereocenters.